The van der Waals surface area contributed by atoms with Gasteiger partial charge < -0.3 is 16.6 Å². The van der Waals surface area contributed by atoms with Gasteiger partial charge in [-0.2, -0.15) is 25.7 Å². The molecule has 13 heteroatoms. The molecule has 0 saturated carbocycles. The predicted molar refractivity (Wildman–Crippen MR) is 127 cm³/mol. The molecule has 180 valence electrons. The lowest BCUT2D eigenvalue weighted by Crippen LogP contribution is -2.38. The van der Waals surface area contributed by atoms with Crippen molar-refractivity contribution in [2.75, 3.05) is 0 Å². The van der Waals surface area contributed by atoms with Crippen LogP contribution in [0.3, 0.4) is 0 Å². The van der Waals surface area contributed by atoms with Crippen molar-refractivity contribution >= 4 is 42.5 Å². The van der Waals surface area contributed by atoms with Gasteiger partial charge in [-0.1, -0.05) is 0 Å². The molecule has 11 nitrogen and oxygen atoms in total. The van der Waals surface area contributed by atoms with E-state index in [9.17, 15) is 4.79 Å². The Balaban J connectivity index is -0.000000221. The SMILES string of the molecule is CC(C)(/N=N/C(C)(C)C(=N)N)C(=N)N.CC(C)(C)/N=N/C(C)(C#N)CCC(=O)O.Cl.Cl. The molecular weight excluding hydrogens is 445 g/mol. The van der Waals surface area contributed by atoms with E-state index in [1.54, 1.807) is 34.6 Å². The summed E-state index contributed by atoms with van der Waals surface area (Å²) in [4.78, 5) is 10.4. The molecule has 0 aliphatic heterocycles. The van der Waals surface area contributed by atoms with Crippen LogP contribution < -0.4 is 11.5 Å². The number of carboxylic acids is 1. The highest BCUT2D eigenvalue weighted by molar-refractivity contribution is 5.87. The van der Waals surface area contributed by atoms with Crippen molar-refractivity contribution in [2.24, 2.45) is 31.9 Å². The number of amidine groups is 2. The van der Waals surface area contributed by atoms with Crippen molar-refractivity contribution in [3.63, 3.8) is 0 Å². The van der Waals surface area contributed by atoms with E-state index in [1.807, 2.05) is 26.8 Å². The fourth-order valence-electron chi connectivity index (χ4n) is 1.10. The van der Waals surface area contributed by atoms with Gasteiger partial charge in [0.15, 0.2) is 5.54 Å². The number of carboxylic acid groups (broad SMARTS) is 1. The third kappa shape index (κ3) is 17.1. The first-order valence-electron chi connectivity index (χ1n) is 8.98. The Morgan fingerprint density at radius 3 is 1.45 bits per heavy atom. The Labute approximate surface area is 197 Å². The van der Waals surface area contributed by atoms with E-state index < -0.39 is 22.6 Å². The Kier molecular flexibility index (Phi) is 16.2. The monoisotopic (exact) mass is 481 g/mol. The Bertz CT molecular complexity index is 680. The molecular formula is C18H37Cl2N9O2. The first-order chi connectivity index (χ1) is 12.8. The second kappa shape index (κ2) is 13.9. The second-order valence-electron chi connectivity index (χ2n) is 8.80. The fraction of sp³-hybridized carbons (Fsp3) is 0.778. The standard InChI is InChI=1S/C10H17N3O2.C8H18N6.2ClH/c1-9(2,3)12-13-10(4,7-11)6-5-8(14)15;1-7(2,5(9)10)13-14-8(3,4)6(11)12;;/h5-6H2,1-4H3,(H,14,15);1-4H3,(H3,9,10)(H3,11,12);2*1H/b13-12+;14-13+;;. The van der Waals surface area contributed by atoms with E-state index in [2.05, 4.69) is 20.5 Å². The number of nitrogens with one attached hydrogen (secondary N) is 2. The molecule has 0 aliphatic carbocycles. The van der Waals surface area contributed by atoms with E-state index in [-0.39, 0.29) is 54.9 Å². The van der Waals surface area contributed by atoms with Gasteiger partial charge in [-0.25, -0.2) is 0 Å². The zero-order chi connectivity index (χ0) is 23.7. The number of hydrogen-bond donors (Lipinski definition) is 5. The minimum absolute atomic E-state index is 0. The minimum Gasteiger partial charge on any atom is -0.481 e. The van der Waals surface area contributed by atoms with Crippen LogP contribution in [0.2, 0.25) is 0 Å². The molecule has 0 spiro atoms. The van der Waals surface area contributed by atoms with Gasteiger partial charge >= 0.3 is 5.97 Å². The second-order valence-corrected chi connectivity index (χ2v) is 8.80. The molecule has 0 saturated heterocycles. The molecule has 0 amide bonds. The van der Waals surface area contributed by atoms with Crippen LogP contribution in [0.25, 0.3) is 0 Å². The number of aliphatic carboxylic acids is 1. The van der Waals surface area contributed by atoms with Crippen LogP contribution in [-0.2, 0) is 4.79 Å². The Morgan fingerprint density at radius 2 is 1.23 bits per heavy atom. The van der Waals surface area contributed by atoms with Gasteiger partial charge in [0.1, 0.15) is 22.7 Å². The molecule has 1 atom stereocenters. The number of azo groups is 2. The van der Waals surface area contributed by atoms with E-state index in [0.29, 0.717) is 0 Å². The Hall–Kier alpha value is -2.32. The van der Waals surface area contributed by atoms with Crippen LogP contribution in [0, 0.1) is 22.1 Å². The van der Waals surface area contributed by atoms with E-state index in [0.717, 1.165) is 0 Å². The summed E-state index contributed by atoms with van der Waals surface area (Å²) in [6.45, 7) is 13.9. The maximum absolute atomic E-state index is 10.4. The van der Waals surface area contributed by atoms with Crippen molar-refractivity contribution in [1.82, 2.24) is 0 Å². The van der Waals surface area contributed by atoms with Gasteiger partial charge in [0, 0.05) is 6.42 Å². The van der Waals surface area contributed by atoms with Crippen molar-refractivity contribution in [1.29, 1.82) is 16.1 Å². The smallest absolute Gasteiger partial charge is 0.303 e. The molecule has 0 bridgehead atoms. The number of rotatable bonds is 8. The summed E-state index contributed by atoms with van der Waals surface area (Å²) in [5, 5.41) is 47.6. The molecule has 0 aromatic heterocycles. The van der Waals surface area contributed by atoms with Crippen LogP contribution in [0.1, 0.15) is 68.2 Å². The van der Waals surface area contributed by atoms with Crippen LogP contribution in [-0.4, -0.2) is 44.9 Å². The lowest BCUT2D eigenvalue weighted by atomic mass is 9.99. The topological polar surface area (TPSA) is 210 Å². The summed E-state index contributed by atoms with van der Waals surface area (Å²) in [6, 6.07) is 1.98. The quantitative estimate of drug-likeness (QED) is 0.196. The molecule has 0 aromatic rings. The molecule has 7 N–H and O–H groups in total. The highest BCUT2D eigenvalue weighted by Gasteiger charge is 2.26. The van der Waals surface area contributed by atoms with Gasteiger partial charge in [-0.15, -0.1) is 24.8 Å². The number of hydrogen-bond acceptors (Lipinski definition) is 8. The van der Waals surface area contributed by atoms with E-state index in [4.69, 9.17) is 32.7 Å². The number of nitrogens with two attached hydrogens (primary N) is 2. The maximum Gasteiger partial charge on any atom is 0.303 e. The summed E-state index contributed by atoms with van der Waals surface area (Å²) >= 11 is 0. The lowest BCUT2D eigenvalue weighted by Gasteiger charge is -2.20. The van der Waals surface area contributed by atoms with Crippen molar-refractivity contribution < 1.29 is 9.90 Å². The summed E-state index contributed by atoms with van der Waals surface area (Å²) in [5.74, 6) is -1.07. The average Bonchev–Trinajstić information content (AvgIpc) is 2.56. The lowest BCUT2D eigenvalue weighted by molar-refractivity contribution is -0.137. The van der Waals surface area contributed by atoms with E-state index >= 15 is 0 Å². The highest BCUT2D eigenvalue weighted by Crippen LogP contribution is 2.20. The molecule has 0 radical (unpaired) electrons. The third-order valence-corrected chi connectivity index (χ3v) is 3.51. The average molecular weight is 482 g/mol. The summed E-state index contributed by atoms with van der Waals surface area (Å²) in [6.07, 6.45) is 0.103. The first kappa shape index (κ1) is 36.1. The molecule has 0 rings (SSSR count). The summed E-state index contributed by atoms with van der Waals surface area (Å²) in [5.41, 5.74) is 7.58. The first-order valence-corrected chi connectivity index (χ1v) is 8.98. The maximum atomic E-state index is 10.4. The summed E-state index contributed by atoms with van der Waals surface area (Å²) in [7, 11) is 0. The van der Waals surface area contributed by atoms with E-state index in [1.165, 1.54) is 0 Å². The van der Waals surface area contributed by atoms with Crippen LogP contribution in [0.4, 0.5) is 0 Å². The molecule has 0 aliphatic rings. The van der Waals surface area contributed by atoms with Crippen molar-refractivity contribution in [3.05, 3.63) is 0 Å². The van der Waals surface area contributed by atoms with Gasteiger partial charge in [-0.05, 0) is 61.8 Å². The molecule has 0 fully saturated rings. The van der Waals surface area contributed by atoms with Crippen molar-refractivity contribution in [2.45, 2.75) is 90.4 Å². The highest BCUT2D eigenvalue weighted by atomic mass is 35.5. The largest absolute Gasteiger partial charge is 0.481 e. The zero-order valence-electron chi connectivity index (χ0n) is 19.5. The molecule has 0 aromatic carbocycles. The normalized spacial score (nSPS) is 13.6. The Morgan fingerprint density at radius 1 is 0.871 bits per heavy atom. The number of carbonyl (C=O) groups is 1. The third-order valence-electron chi connectivity index (χ3n) is 3.51. The van der Waals surface area contributed by atoms with Gasteiger partial charge in [0.25, 0.3) is 0 Å². The number of nitriles is 1. The van der Waals surface area contributed by atoms with Crippen LogP contribution >= 0.6 is 24.8 Å². The fourth-order valence-corrected chi connectivity index (χ4v) is 1.10. The summed E-state index contributed by atoms with van der Waals surface area (Å²) < 4.78 is 0. The van der Waals surface area contributed by atoms with Crippen molar-refractivity contribution in [3.8, 4) is 6.07 Å². The molecule has 0 heterocycles. The molecule has 31 heavy (non-hydrogen) atoms. The molecule has 1 unspecified atom stereocenters. The zero-order valence-corrected chi connectivity index (χ0v) is 21.1. The van der Waals surface area contributed by atoms with Crippen LogP contribution in [0.15, 0.2) is 20.5 Å². The van der Waals surface area contributed by atoms with Gasteiger partial charge in [0.2, 0.25) is 0 Å². The number of halogens is 2. The van der Waals surface area contributed by atoms with Crippen LogP contribution in [0.5, 0.6) is 0 Å². The number of nitrogens with zero attached hydrogens (tertiary/aromatic N) is 5. The minimum atomic E-state index is -1.04. The predicted octanol–water partition coefficient (Wildman–Crippen LogP) is 4.10. The van der Waals surface area contributed by atoms with Gasteiger partial charge in [0.05, 0.1) is 11.6 Å². The van der Waals surface area contributed by atoms with Gasteiger partial charge in [-0.3, -0.25) is 15.6 Å².